The monoisotopic (exact) mass is 254 g/mol. The van der Waals surface area contributed by atoms with Gasteiger partial charge in [0.2, 0.25) is 0 Å². The van der Waals surface area contributed by atoms with E-state index in [1.54, 1.807) is 12.1 Å². The van der Waals surface area contributed by atoms with Crippen molar-refractivity contribution in [2.24, 2.45) is 0 Å². The first-order chi connectivity index (χ1) is 8.00. The molecule has 0 bridgehead atoms. The summed E-state index contributed by atoms with van der Waals surface area (Å²) in [6, 6.07) is 7.54. The molecule has 0 amide bonds. The Balaban J connectivity index is 2.44. The molecule has 1 saturated heterocycles. The molecule has 1 unspecified atom stereocenters. The van der Waals surface area contributed by atoms with Gasteiger partial charge in [0.15, 0.2) is 9.84 Å². The number of hydrogen-bond acceptors (Lipinski definition) is 4. The van der Waals surface area contributed by atoms with Gasteiger partial charge in [0.05, 0.1) is 10.6 Å². The van der Waals surface area contributed by atoms with Crippen molar-refractivity contribution < 1.29 is 8.42 Å². The Morgan fingerprint density at radius 3 is 2.71 bits per heavy atom. The van der Waals surface area contributed by atoms with E-state index in [4.69, 9.17) is 0 Å². The minimum absolute atomic E-state index is 0.312. The second-order valence-corrected chi connectivity index (χ2v) is 6.47. The molecule has 1 aromatic carbocycles. The summed E-state index contributed by atoms with van der Waals surface area (Å²) in [6.45, 7) is 4.72. The first-order valence-corrected chi connectivity index (χ1v) is 7.66. The molecule has 2 rings (SSSR count). The Bertz CT molecular complexity index is 499. The molecule has 17 heavy (non-hydrogen) atoms. The van der Waals surface area contributed by atoms with Crippen LogP contribution >= 0.6 is 0 Å². The molecule has 1 aliphatic heterocycles. The van der Waals surface area contributed by atoms with Gasteiger partial charge < -0.3 is 10.2 Å². The molecule has 1 aromatic rings. The summed E-state index contributed by atoms with van der Waals surface area (Å²) in [4.78, 5) is 2.58. The molecule has 4 nitrogen and oxygen atoms in total. The van der Waals surface area contributed by atoms with Gasteiger partial charge in [0, 0.05) is 31.9 Å². The molecule has 0 saturated carbocycles. The summed E-state index contributed by atoms with van der Waals surface area (Å²) in [5.74, 6) is 0. The minimum atomic E-state index is -3.17. The Morgan fingerprint density at radius 1 is 1.35 bits per heavy atom. The van der Waals surface area contributed by atoms with Gasteiger partial charge in [-0.3, -0.25) is 0 Å². The van der Waals surface area contributed by atoms with E-state index in [1.165, 1.54) is 6.26 Å². The predicted molar refractivity (Wildman–Crippen MR) is 69.2 cm³/mol. The average molecular weight is 254 g/mol. The number of piperazine rings is 1. The largest absolute Gasteiger partial charge is 0.365 e. The Morgan fingerprint density at radius 2 is 2.06 bits per heavy atom. The molecule has 1 heterocycles. The lowest BCUT2D eigenvalue weighted by Crippen LogP contribution is -2.50. The lowest BCUT2D eigenvalue weighted by atomic mass is 10.2. The molecule has 1 aliphatic rings. The van der Waals surface area contributed by atoms with Crippen molar-refractivity contribution in [2.45, 2.75) is 17.9 Å². The summed E-state index contributed by atoms with van der Waals surface area (Å²) in [7, 11) is -3.17. The maximum absolute atomic E-state index is 11.8. The van der Waals surface area contributed by atoms with Gasteiger partial charge in [-0.15, -0.1) is 0 Å². The highest BCUT2D eigenvalue weighted by Gasteiger charge is 2.23. The third-order valence-electron chi connectivity index (χ3n) is 3.08. The van der Waals surface area contributed by atoms with E-state index in [2.05, 4.69) is 17.1 Å². The molecular formula is C12H18N2O2S. The third-order valence-corrected chi connectivity index (χ3v) is 4.22. The second-order valence-electron chi connectivity index (χ2n) is 4.49. The molecule has 0 spiro atoms. The van der Waals surface area contributed by atoms with E-state index in [-0.39, 0.29) is 0 Å². The summed E-state index contributed by atoms with van der Waals surface area (Å²) in [5, 5.41) is 3.30. The van der Waals surface area contributed by atoms with Crippen molar-refractivity contribution in [1.29, 1.82) is 0 Å². The molecule has 1 N–H and O–H groups in total. The highest BCUT2D eigenvalue weighted by Crippen LogP contribution is 2.26. The van der Waals surface area contributed by atoms with Crippen molar-refractivity contribution in [3.05, 3.63) is 24.3 Å². The highest BCUT2D eigenvalue weighted by molar-refractivity contribution is 7.90. The third kappa shape index (κ3) is 2.61. The standard InChI is InChI=1S/C12H18N2O2S/c1-10-9-13-7-8-14(10)11-5-3-4-6-12(11)17(2,15)16/h3-6,10,13H,7-9H2,1-2H3. The molecule has 5 heteroatoms. The zero-order valence-electron chi connectivity index (χ0n) is 10.2. The zero-order chi connectivity index (χ0) is 12.5. The first kappa shape index (κ1) is 12.4. The molecule has 0 aromatic heterocycles. The van der Waals surface area contributed by atoms with Gasteiger partial charge >= 0.3 is 0 Å². The van der Waals surface area contributed by atoms with E-state index in [1.807, 2.05) is 12.1 Å². The number of nitrogens with zero attached hydrogens (tertiary/aromatic N) is 1. The number of benzene rings is 1. The summed E-state index contributed by atoms with van der Waals surface area (Å²) < 4.78 is 23.5. The smallest absolute Gasteiger partial charge is 0.177 e. The van der Waals surface area contributed by atoms with Crippen LogP contribution in [0.3, 0.4) is 0 Å². The van der Waals surface area contributed by atoms with Crippen LogP contribution in [0.5, 0.6) is 0 Å². The first-order valence-electron chi connectivity index (χ1n) is 5.76. The molecule has 94 valence electrons. The van der Waals surface area contributed by atoms with E-state index >= 15 is 0 Å². The van der Waals surface area contributed by atoms with Crippen LogP contribution < -0.4 is 10.2 Å². The van der Waals surface area contributed by atoms with Crippen LogP contribution in [0.1, 0.15) is 6.92 Å². The minimum Gasteiger partial charge on any atom is -0.365 e. The molecule has 0 radical (unpaired) electrons. The van der Waals surface area contributed by atoms with Crippen molar-refractivity contribution >= 4 is 15.5 Å². The number of hydrogen-bond donors (Lipinski definition) is 1. The number of rotatable bonds is 2. The predicted octanol–water partition coefficient (Wildman–Crippen LogP) is 0.888. The normalized spacial score (nSPS) is 21.5. The quantitative estimate of drug-likeness (QED) is 0.851. The van der Waals surface area contributed by atoms with E-state index in [0.29, 0.717) is 10.9 Å². The summed E-state index contributed by atoms with van der Waals surface area (Å²) >= 11 is 0. The van der Waals surface area contributed by atoms with Crippen LogP contribution in [-0.4, -0.2) is 40.3 Å². The number of nitrogens with one attached hydrogen (secondary N) is 1. The van der Waals surface area contributed by atoms with Crippen molar-refractivity contribution in [1.82, 2.24) is 5.32 Å². The Kier molecular flexibility index (Phi) is 3.40. The summed E-state index contributed by atoms with van der Waals surface area (Å²) in [5.41, 5.74) is 0.823. The van der Waals surface area contributed by atoms with Gasteiger partial charge in [0.25, 0.3) is 0 Å². The van der Waals surface area contributed by atoms with Gasteiger partial charge in [-0.25, -0.2) is 8.42 Å². The average Bonchev–Trinajstić information content (AvgIpc) is 2.28. The van der Waals surface area contributed by atoms with E-state index < -0.39 is 9.84 Å². The molecular weight excluding hydrogens is 236 g/mol. The molecule has 1 atom stereocenters. The van der Waals surface area contributed by atoms with Crippen molar-refractivity contribution in [3.63, 3.8) is 0 Å². The topological polar surface area (TPSA) is 49.4 Å². The van der Waals surface area contributed by atoms with Gasteiger partial charge in [-0.1, -0.05) is 12.1 Å². The van der Waals surface area contributed by atoms with Gasteiger partial charge in [0.1, 0.15) is 0 Å². The van der Waals surface area contributed by atoms with Crippen LogP contribution in [-0.2, 0) is 9.84 Å². The van der Waals surface area contributed by atoms with E-state index in [9.17, 15) is 8.42 Å². The Hall–Kier alpha value is -1.07. The fourth-order valence-electron chi connectivity index (χ4n) is 2.21. The summed E-state index contributed by atoms with van der Waals surface area (Å²) in [6.07, 6.45) is 1.26. The van der Waals surface area contributed by atoms with Crippen molar-refractivity contribution in [3.8, 4) is 0 Å². The maximum Gasteiger partial charge on any atom is 0.177 e. The lowest BCUT2D eigenvalue weighted by molar-refractivity contribution is 0.498. The van der Waals surface area contributed by atoms with Crippen LogP contribution in [0.2, 0.25) is 0 Å². The van der Waals surface area contributed by atoms with Crippen molar-refractivity contribution in [2.75, 3.05) is 30.8 Å². The van der Waals surface area contributed by atoms with Gasteiger partial charge in [-0.2, -0.15) is 0 Å². The molecule has 1 fully saturated rings. The Labute approximate surface area is 103 Å². The van der Waals surface area contributed by atoms with Crippen LogP contribution in [0.15, 0.2) is 29.2 Å². The van der Waals surface area contributed by atoms with E-state index in [0.717, 1.165) is 25.3 Å². The molecule has 0 aliphatic carbocycles. The number of sulfone groups is 1. The fourth-order valence-corrected chi connectivity index (χ4v) is 3.10. The maximum atomic E-state index is 11.8. The van der Waals surface area contributed by atoms with Gasteiger partial charge in [-0.05, 0) is 19.1 Å². The highest BCUT2D eigenvalue weighted by atomic mass is 32.2. The zero-order valence-corrected chi connectivity index (χ0v) is 11.0. The lowest BCUT2D eigenvalue weighted by Gasteiger charge is -2.36. The number of para-hydroxylation sites is 1. The van der Waals surface area contributed by atoms with Crippen LogP contribution in [0.25, 0.3) is 0 Å². The van der Waals surface area contributed by atoms with Crippen LogP contribution in [0.4, 0.5) is 5.69 Å². The second kappa shape index (κ2) is 4.66. The number of anilines is 1. The van der Waals surface area contributed by atoms with Crippen LogP contribution in [0, 0.1) is 0 Å². The fraction of sp³-hybridized carbons (Fsp3) is 0.500. The SMILES string of the molecule is CC1CNCCN1c1ccccc1S(C)(=O)=O.